The smallest absolute Gasteiger partial charge is 0.187 e. The molecule has 0 aliphatic carbocycles. The molecule has 0 saturated heterocycles. The van der Waals surface area contributed by atoms with Crippen LogP contribution in [-0.2, 0) is 6.54 Å². The first-order chi connectivity index (χ1) is 8.08. The number of halogens is 2. The Bertz CT molecular complexity index is 406. The highest BCUT2D eigenvalue weighted by atomic mass is 19.1. The third-order valence-corrected chi connectivity index (χ3v) is 2.50. The van der Waals surface area contributed by atoms with E-state index in [1.807, 2.05) is 13.0 Å². The molecule has 1 aromatic rings. The highest BCUT2D eigenvalue weighted by Gasteiger charge is 2.10. The molecule has 3 nitrogen and oxygen atoms in total. The van der Waals surface area contributed by atoms with Crippen molar-refractivity contribution in [2.24, 2.45) is 0 Å². The van der Waals surface area contributed by atoms with Crippen LogP contribution in [0.1, 0.15) is 25.3 Å². The van der Waals surface area contributed by atoms with Gasteiger partial charge in [0.25, 0.3) is 0 Å². The minimum absolute atomic E-state index is 0.0000690. The fourth-order valence-corrected chi connectivity index (χ4v) is 1.45. The van der Waals surface area contributed by atoms with Crippen LogP contribution in [0.2, 0.25) is 0 Å². The number of hydrogen-bond acceptors (Lipinski definition) is 3. The maximum Gasteiger partial charge on any atom is 0.187 e. The Balaban J connectivity index is 2.67. The lowest BCUT2D eigenvalue weighted by atomic mass is 10.1. The van der Waals surface area contributed by atoms with Crippen molar-refractivity contribution >= 4 is 0 Å². The van der Waals surface area contributed by atoms with Crippen LogP contribution in [0.4, 0.5) is 8.78 Å². The van der Waals surface area contributed by atoms with E-state index in [0.29, 0.717) is 12.0 Å². The Morgan fingerprint density at radius 3 is 2.47 bits per heavy atom. The predicted octanol–water partition coefficient (Wildman–Crippen LogP) is 2.45. The summed E-state index contributed by atoms with van der Waals surface area (Å²) in [6.07, 6.45) is 1.11. The van der Waals surface area contributed by atoms with E-state index in [-0.39, 0.29) is 12.6 Å². The number of phenols is 1. The summed E-state index contributed by atoms with van der Waals surface area (Å²) < 4.78 is 26.0. The molecule has 0 spiro atoms. The van der Waals surface area contributed by atoms with Gasteiger partial charge in [-0.3, -0.25) is 0 Å². The summed E-state index contributed by atoms with van der Waals surface area (Å²) in [6, 6.07) is 4.18. The quantitative estimate of drug-likeness (QED) is 0.831. The fraction of sp³-hybridized carbons (Fsp3) is 0.417. The second-order valence-electron chi connectivity index (χ2n) is 3.76. The molecule has 0 fully saturated rings. The molecule has 1 atom stereocenters. The van der Waals surface area contributed by atoms with Gasteiger partial charge in [-0.1, -0.05) is 6.92 Å². The maximum absolute atomic E-state index is 13.0. The van der Waals surface area contributed by atoms with Gasteiger partial charge in [0.2, 0.25) is 0 Å². The molecule has 92 valence electrons. The van der Waals surface area contributed by atoms with Gasteiger partial charge in [0.1, 0.15) is 0 Å². The molecule has 0 aliphatic heterocycles. The van der Waals surface area contributed by atoms with Crippen molar-refractivity contribution in [3.8, 4) is 11.8 Å². The van der Waals surface area contributed by atoms with Crippen LogP contribution in [0.5, 0.6) is 5.75 Å². The lowest BCUT2D eigenvalue weighted by molar-refractivity contribution is 0.394. The summed E-state index contributed by atoms with van der Waals surface area (Å²) in [5.74, 6) is -2.91. The van der Waals surface area contributed by atoms with Gasteiger partial charge in [0, 0.05) is 12.6 Å². The van der Waals surface area contributed by atoms with E-state index in [1.165, 1.54) is 0 Å². The van der Waals surface area contributed by atoms with Gasteiger partial charge in [-0.25, -0.2) is 8.78 Å². The number of nitrogens with one attached hydrogen (secondary N) is 1. The van der Waals surface area contributed by atoms with Crippen molar-refractivity contribution in [1.29, 1.82) is 5.26 Å². The average molecular weight is 240 g/mol. The van der Waals surface area contributed by atoms with Gasteiger partial charge in [0.15, 0.2) is 17.4 Å². The van der Waals surface area contributed by atoms with E-state index in [2.05, 4.69) is 5.32 Å². The van der Waals surface area contributed by atoms with Crippen molar-refractivity contribution in [2.45, 2.75) is 32.4 Å². The molecule has 0 saturated carbocycles. The van der Waals surface area contributed by atoms with Crippen LogP contribution in [0.15, 0.2) is 12.1 Å². The molecule has 1 rings (SSSR count). The predicted molar refractivity (Wildman–Crippen MR) is 59.2 cm³/mol. The summed E-state index contributed by atoms with van der Waals surface area (Å²) in [4.78, 5) is 0. The molecule has 1 aromatic carbocycles. The lowest BCUT2D eigenvalue weighted by Gasteiger charge is -2.13. The number of rotatable bonds is 5. The fourth-order valence-electron chi connectivity index (χ4n) is 1.45. The van der Waals surface area contributed by atoms with Crippen LogP contribution in [0, 0.1) is 23.0 Å². The zero-order valence-corrected chi connectivity index (χ0v) is 9.50. The Kier molecular flexibility index (Phi) is 4.85. The molecule has 5 heteroatoms. The molecule has 0 bridgehead atoms. The number of aromatic hydroxyl groups is 1. The van der Waals surface area contributed by atoms with Gasteiger partial charge in [-0.2, -0.15) is 5.26 Å². The summed E-state index contributed by atoms with van der Waals surface area (Å²) in [5, 5.41) is 20.5. The molecule has 17 heavy (non-hydrogen) atoms. The first kappa shape index (κ1) is 13.4. The molecule has 1 unspecified atom stereocenters. The molecule has 0 radical (unpaired) electrons. The molecule has 0 aromatic heterocycles. The van der Waals surface area contributed by atoms with E-state index in [1.54, 1.807) is 0 Å². The first-order valence-corrected chi connectivity index (χ1v) is 5.35. The zero-order chi connectivity index (χ0) is 12.8. The Labute approximate surface area is 98.7 Å². The monoisotopic (exact) mass is 240 g/mol. The zero-order valence-electron chi connectivity index (χ0n) is 9.50. The Morgan fingerprint density at radius 2 is 2.00 bits per heavy atom. The standard InChI is InChI=1S/C12H14F2N2O/c1-2-9(3-4-15)16-7-8-5-10(13)12(17)11(14)6-8/h5-6,9,16-17H,2-3,7H2,1H3. The van der Waals surface area contributed by atoms with Gasteiger partial charge < -0.3 is 10.4 Å². The second-order valence-corrected chi connectivity index (χ2v) is 3.76. The van der Waals surface area contributed by atoms with Crippen molar-refractivity contribution in [1.82, 2.24) is 5.32 Å². The van der Waals surface area contributed by atoms with Crippen molar-refractivity contribution < 1.29 is 13.9 Å². The number of benzene rings is 1. The highest BCUT2D eigenvalue weighted by molar-refractivity contribution is 5.29. The van der Waals surface area contributed by atoms with Crippen LogP contribution in [0.25, 0.3) is 0 Å². The highest BCUT2D eigenvalue weighted by Crippen LogP contribution is 2.21. The number of hydrogen-bond donors (Lipinski definition) is 2. The van der Waals surface area contributed by atoms with Crippen LogP contribution >= 0.6 is 0 Å². The molecule has 0 amide bonds. The number of nitrogens with zero attached hydrogens (tertiary/aromatic N) is 1. The maximum atomic E-state index is 13.0. The molecule has 0 heterocycles. The van der Waals surface area contributed by atoms with Gasteiger partial charge in [-0.15, -0.1) is 0 Å². The summed E-state index contributed by atoms with van der Waals surface area (Å²) >= 11 is 0. The van der Waals surface area contributed by atoms with E-state index in [0.717, 1.165) is 18.6 Å². The summed E-state index contributed by atoms with van der Waals surface area (Å²) in [6.45, 7) is 2.18. The lowest BCUT2D eigenvalue weighted by Crippen LogP contribution is -2.27. The summed E-state index contributed by atoms with van der Waals surface area (Å²) in [7, 11) is 0. The van der Waals surface area contributed by atoms with Crippen molar-refractivity contribution in [3.63, 3.8) is 0 Å². The van der Waals surface area contributed by atoms with Gasteiger partial charge in [-0.05, 0) is 24.1 Å². The molecule has 2 N–H and O–H groups in total. The third-order valence-electron chi connectivity index (χ3n) is 2.50. The largest absolute Gasteiger partial charge is 0.503 e. The van der Waals surface area contributed by atoms with Gasteiger partial charge in [0.05, 0.1) is 12.5 Å². The molecule has 0 aliphatic rings. The van der Waals surface area contributed by atoms with Crippen LogP contribution < -0.4 is 5.32 Å². The number of phenolic OH excluding ortho intramolecular Hbond substituents is 1. The third kappa shape index (κ3) is 3.68. The van der Waals surface area contributed by atoms with Gasteiger partial charge >= 0.3 is 0 Å². The second kappa shape index (κ2) is 6.16. The molecular weight excluding hydrogens is 226 g/mol. The van der Waals surface area contributed by atoms with E-state index in [4.69, 9.17) is 10.4 Å². The van der Waals surface area contributed by atoms with Crippen LogP contribution in [0.3, 0.4) is 0 Å². The SMILES string of the molecule is CCC(CC#N)NCc1cc(F)c(O)c(F)c1. The van der Waals surface area contributed by atoms with E-state index < -0.39 is 17.4 Å². The van der Waals surface area contributed by atoms with E-state index >= 15 is 0 Å². The summed E-state index contributed by atoms with van der Waals surface area (Å²) in [5.41, 5.74) is 0.397. The average Bonchev–Trinajstić information content (AvgIpc) is 2.31. The van der Waals surface area contributed by atoms with Crippen LogP contribution in [-0.4, -0.2) is 11.1 Å². The normalized spacial score (nSPS) is 12.1. The first-order valence-electron chi connectivity index (χ1n) is 5.35. The Morgan fingerprint density at radius 1 is 1.41 bits per heavy atom. The van der Waals surface area contributed by atoms with Crippen molar-refractivity contribution in [2.75, 3.05) is 0 Å². The topological polar surface area (TPSA) is 56.0 Å². The minimum Gasteiger partial charge on any atom is -0.503 e. The Hall–Kier alpha value is -1.67. The van der Waals surface area contributed by atoms with Crippen molar-refractivity contribution in [3.05, 3.63) is 29.3 Å². The minimum atomic E-state index is -0.977. The number of nitriles is 1. The molecular formula is C12H14F2N2O. The van der Waals surface area contributed by atoms with E-state index in [9.17, 15) is 8.78 Å².